The summed E-state index contributed by atoms with van der Waals surface area (Å²) >= 11 is 6.66. The molecule has 1 aromatic rings. The highest BCUT2D eigenvalue weighted by atomic mass is 127. The average Bonchev–Trinajstić information content (AvgIpc) is 3.15. The Balaban J connectivity index is 1.62. The maximum Gasteiger partial charge on any atom is 0.339 e. The lowest BCUT2D eigenvalue weighted by Crippen LogP contribution is -2.31. The fourth-order valence-corrected chi connectivity index (χ4v) is 6.25. The van der Waals surface area contributed by atoms with E-state index < -0.39 is 0 Å². The molecule has 0 spiro atoms. The standard InChI is InChI=1S/C18H19I3O4/c1-2-3-24-17(22)12-5-10-4-9(12)6-15(10)25-18(23)13-7-11(19)8-14(20)16(13)21/h7-10,12,15H,2-6H2,1H3. The normalized spacial score (nSPS) is 27.4. The zero-order valence-electron chi connectivity index (χ0n) is 13.8. The van der Waals surface area contributed by atoms with E-state index in [1.807, 2.05) is 19.1 Å². The second-order valence-electron chi connectivity index (χ2n) is 6.69. The summed E-state index contributed by atoms with van der Waals surface area (Å²) in [5, 5.41) is 0. The van der Waals surface area contributed by atoms with E-state index in [-0.39, 0.29) is 29.9 Å². The van der Waals surface area contributed by atoms with Crippen LogP contribution in [0.3, 0.4) is 0 Å². The molecule has 0 aliphatic heterocycles. The quantitative estimate of drug-likeness (QED) is 0.249. The topological polar surface area (TPSA) is 52.6 Å². The molecular formula is C18H19I3O4. The molecular weight excluding hydrogens is 661 g/mol. The Morgan fingerprint density at radius 2 is 1.88 bits per heavy atom. The van der Waals surface area contributed by atoms with E-state index in [0.717, 1.165) is 36.4 Å². The van der Waals surface area contributed by atoms with Crippen LogP contribution in [0, 0.1) is 28.5 Å². The van der Waals surface area contributed by atoms with Crippen LogP contribution in [0.25, 0.3) is 0 Å². The van der Waals surface area contributed by atoms with Crippen LogP contribution >= 0.6 is 67.8 Å². The van der Waals surface area contributed by atoms with Gasteiger partial charge >= 0.3 is 11.9 Å². The first kappa shape index (κ1) is 20.1. The Bertz CT molecular complexity index is 691. The van der Waals surface area contributed by atoms with E-state index in [2.05, 4.69) is 67.8 Å². The molecule has 0 amide bonds. The summed E-state index contributed by atoms with van der Waals surface area (Å²) in [6.07, 6.45) is 3.30. The SMILES string of the molecule is CCCOC(=O)C1CC2CC1CC2OC(=O)c1cc(I)cc(I)c1I. The largest absolute Gasteiger partial charge is 0.465 e. The number of benzene rings is 1. The van der Waals surface area contributed by atoms with Gasteiger partial charge in [0.2, 0.25) is 0 Å². The van der Waals surface area contributed by atoms with Crippen molar-refractivity contribution in [3.8, 4) is 0 Å². The molecule has 2 aliphatic carbocycles. The molecule has 0 N–H and O–H groups in total. The van der Waals surface area contributed by atoms with Crippen molar-refractivity contribution >= 4 is 79.7 Å². The van der Waals surface area contributed by atoms with Gasteiger partial charge < -0.3 is 9.47 Å². The molecule has 3 rings (SSSR count). The molecule has 2 aliphatic rings. The third-order valence-corrected chi connectivity index (χ3v) is 8.68. The average molecular weight is 680 g/mol. The van der Waals surface area contributed by atoms with Crippen molar-refractivity contribution in [2.45, 2.75) is 38.7 Å². The summed E-state index contributed by atoms with van der Waals surface area (Å²) < 4.78 is 14.2. The molecule has 4 unspecified atom stereocenters. The fourth-order valence-electron chi connectivity index (χ4n) is 3.87. The van der Waals surface area contributed by atoms with Crippen molar-refractivity contribution in [1.82, 2.24) is 0 Å². The zero-order valence-corrected chi connectivity index (χ0v) is 20.2. The lowest BCUT2D eigenvalue weighted by molar-refractivity contribution is -0.151. The Labute approximate surface area is 188 Å². The van der Waals surface area contributed by atoms with Crippen molar-refractivity contribution < 1.29 is 19.1 Å². The van der Waals surface area contributed by atoms with Gasteiger partial charge in [-0.3, -0.25) is 4.79 Å². The number of carbonyl (C=O) groups is 2. The number of hydrogen-bond donors (Lipinski definition) is 0. The number of hydrogen-bond acceptors (Lipinski definition) is 4. The van der Waals surface area contributed by atoms with Crippen LogP contribution in [-0.2, 0) is 14.3 Å². The minimum Gasteiger partial charge on any atom is -0.465 e. The van der Waals surface area contributed by atoms with Crippen molar-refractivity contribution in [2.24, 2.45) is 17.8 Å². The van der Waals surface area contributed by atoms with Gasteiger partial charge in [0.25, 0.3) is 0 Å². The molecule has 0 saturated heterocycles. The van der Waals surface area contributed by atoms with Crippen molar-refractivity contribution in [1.29, 1.82) is 0 Å². The summed E-state index contributed by atoms with van der Waals surface area (Å²) in [6.45, 7) is 2.49. The van der Waals surface area contributed by atoms with Gasteiger partial charge in [-0.05, 0) is 117 Å². The smallest absolute Gasteiger partial charge is 0.339 e. The maximum atomic E-state index is 12.6. The molecule has 4 nitrogen and oxygen atoms in total. The number of fused-ring (bicyclic) bond motifs is 2. The van der Waals surface area contributed by atoms with Gasteiger partial charge in [-0.15, -0.1) is 0 Å². The summed E-state index contributed by atoms with van der Waals surface area (Å²) in [5.74, 6) is 0.254. The molecule has 0 radical (unpaired) electrons. The number of esters is 2. The lowest BCUT2D eigenvalue weighted by Gasteiger charge is -2.26. The van der Waals surface area contributed by atoms with Gasteiger partial charge in [0.15, 0.2) is 0 Å². The van der Waals surface area contributed by atoms with E-state index in [1.54, 1.807) is 0 Å². The molecule has 2 saturated carbocycles. The summed E-state index contributed by atoms with van der Waals surface area (Å²) in [5.41, 5.74) is 0.638. The molecule has 2 fully saturated rings. The first-order valence-corrected chi connectivity index (χ1v) is 11.7. The number of halogens is 3. The van der Waals surface area contributed by atoms with Crippen molar-refractivity contribution in [3.05, 3.63) is 28.4 Å². The van der Waals surface area contributed by atoms with Crippen LogP contribution in [0.4, 0.5) is 0 Å². The fraction of sp³-hybridized carbons (Fsp3) is 0.556. The van der Waals surface area contributed by atoms with Crippen LogP contribution in [0.1, 0.15) is 43.0 Å². The van der Waals surface area contributed by atoms with Gasteiger partial charge in [0.1, 0.15) is 6.10 Å². The Hall–Kier alpha value is 0.350. The van der Waals surface area contributed by atoms with Crippen LogP contribution in [0.2, 0.25) is 0 Å². The lowest BCUT2D eigenvalue weighted by atomic mass is 9.87. The minimum absolute atomic E-state index is 0.00902. The summed E-state index contributed by atoms with van der Waals surface area (Å²) in [4.78, 5) is 24.8. The molecule has 2 bridgehead atoms. The first-order valence-electron chi connectivity index (χ1n) is 8.42. The van der Waals surface area contributed by atoms with Crippen LogP contribution in [0.15, 0.2) is 12.1 Å². The Kier molecular flexibility index (Phi) is 6.89. The third kappa shape index (κ3) is 4.44. The second-order valence-corrected chi connectivity index (χ2v) is 10.2. The van der Waals surface area contributed by atoms with E-state index in [0.29, 0.717) is 18.1 Å². The number of rotatable bonds is 5. The predicted molar refractivity (Wildman–Crippen MR) is 119 cm³/mol. The highest BCUT2D eigenvalue weighted by Crippen LogP contribution is 2.50. The zero-order chi connectivity index (χ0) is 18.1. The van der Waals surface area contributed by atoms with E-state index in [4.69, 9.17) is 9.47 Å². The summed E-state index contributed by atoms with van der Waals surface area (Å²) in [7, 11) is 0. The molecule has 136 valence electrons. The molecule has 0 heterocycles. The molecule has 4 atom stereocenters. The third-order valence-electron chi connectivity index (χ3n) is 5.01. The van der Waals surface area contributed by atoms with Gasteiger partial charge in [-0.2, -0.15) is 0 Å². The molecule has 0 aromatic heterocycles. The second kappa shape index (κ2) is 8.57. The van der Waals surface area contributed by atoms with E-state index in [1.165, 1.54) is 0 Å². The van der Waals surface area contributed by atoms with Gasteiger partial charge in [0, 0.05) is 10.7 Å². The number of ether oxygens (including phenoxy) is 2. The van der Waals surface area contributed by atoms with Crippen LogP contribution in [-0.4, -0.2) is 24.6 Å². The van der Waals surface area contributed by atoms with Crippen molar-refractivity contribution in [2.75, 3.05) is 6.61 Å². The van der Waals surface area contributed by atoms with Gasteiger partial charge in [0.05, 0.1) is 18.1 Å². The highest BCUT2D eigenvalue weighted by Gasteiger charge is 2.50. The van der Waals surface area contributed by atoms with E-state index >= 15 is 0 Å². The first-order chi connectivity index (χ1) is 11.9. The summed E-state index contributed by atoms with van der Waals surface area (Å²) in [6, 6.07) is 3.93. The number of carbonyl (C=O) groups excluding carboxylic acids is 2. The van der Waals surface area contributed by atoms with Crippen LogP contribution < -0.4 is 0 Å². The van der Waals surface area contributed by atoms with Crippen molar-refractivity contribution in [3.63, 3.8) is 0 Å². The Morgan fingerprint density at radius 1 is 1.12 bits per heavy atom. The van der Waals surface area contributed by atoms with Crippen LogP contribution in [0.5, 0.6) is 0 Å². The molecule has 7 heteroatoms. The molecule has 25 heavy (non-hydrogen) atoms. The Morgan fingerprint density at radius 3 is 2.52 bits per heavy atom. The predicted octanol–water partition coefficient (Wildman–Crippen LogP) is 5.03. The van der Waals surface area contributed by atoms with Gasteiger partial charge in [-0.1, -0.05) is 6.92 Å². The minimum atomic E-state index is -0.247. The maximum absolute atomic E-state index is 12.6. The van der Waals surface area contributed by atoms with Gasteiger partial charge in [-0.25, -0.2) is 4.79 Å². The monoisotopic (exact) mass is 680 g/mol. The van der Waals surface area contributed by atoms with E-state index in [9.17, 15) is 9.59 Å². The molecule has 1 aromatic carbocycles. The highest BCUT2D eigenvalue weighted by molar-refractivity contribution is 14.1.